The third-order valence-corrected chi connectivity index (χ3v) is 6.35. The number of benzene rings is 4. The number of rotatable bonds is 6. The lowest BCUT2D eigenvalue weighted by Crippen LogP contribution is -2.34. The van der Waals surface area contributed by atoms with E-state index in [0.717, 1.165) is 33.2 Å². The molecule has 5 heteroatoms. The van der Waals surface area contributed by atoms with E-state index in [4.69, 9.17) is 11.6 Å². The van der Waals surface area contributed by atoms with Gasteiger partial charge in [0, 0.05) is 22.6 Å². The van der Waals surface area contributed by atoms with Gasteiger partial charge in [-0.05, 0) is 48.1 Å². The fraction of sp³-hybridized carbons (Fsp3) is 0.103. The minimum atomic E-state index is -0.317. The van der Waals surface area contributed by atoms with Crippen LogP contribution < -0.4 is 5.32 Å². The predicted molar refractivity (Wildman–Crippen MR) is 138 cm³/mol. The van der Waals surface area contributed by atoms with E-state index in [1.807, 2.05) is 97.9 Å². The van der Waals surface area contributed by atoms with Crippen molar-refractivity contribution in [3.8, 4) is 0 Å². The molecule has 0 atom stereocenters. The zero-order valence-corrected chi connectivity index (χ0v) is 19.5. The first-order chi connectivity index (χ1) is 16.5. The zero-order chi connectivity index (χ0) is 23.7. The van der Waals surface area contributed by atoms with Crippen molar-refractivity contribution in [1.82, 2.24) is 4.90 Å². The number of aryl methyl sites for hydroxylation is 1. The van der Waals surface area contributed by atoms with Gasteiger partial charge in [0.2, 0.25) is 0 Å². The van der Waals surface area contributed by atoms with Crippen LogP contribution in [0.1, 0.15) is 16.7 Å². The Balaban J connectivity index is 1.52. The molecule has 4 aromatic carbocycles. The van der Waals surface area contributed by atoms with E-state index in [2.05, 4.69) is 5.32 Å². The number of nitrogens with zero attached hydrogens (tertiary/aromatic N) is 1. The van der Waals surface area contributed by atoms with E-state index in [9.17, 15) is 9.59 Å². The van der Waals surface area contributed by atoms with Gasteiger partial charge < -0.3 is 5.32 Å². The van der Waals surface area contributed by atoms with Gasteiger partial charge in [-0.1, -0.05) is 90.0 Å². The van der Waals surface area contributed by atoms with E-state index < -0.39 is 0 Å². The number of hydrogen-bond donors (Lipinski definition) is 1. The second kappa shape index (κ2) is 9.16. The maximum atomic E-state index is 13.5. The normalized spacial score (nSPS) is 13.8. The summed E-state index contributed by atoms with van der Waals surface area (Å²) in [5.41, 5.74) is 4.32. The van der Waals surface area contributed by atoms with Gasteiger partial charge in [-0.15, -0.1) is 0 Å². The molecular formula is C29H23ClN2O2. The highest BCUT2D eigenvalue weighted by atomic mass is 35.5. The molecule has 0 fully saturated rings. The molecule has 1 aliphatic rings. The minimum absolute atomic E-state index is 0.287. The maximum Gasteiger partial charge on any atom is 0.278 e. The van der Waals surface area contributed by atoms with Crippen LogP contribution in [0, 0.1) is 6.92 Å². The molecule has 0 aromatic heterocycles. The first-order valence-electron chi connectivity index (χ1n) is 11.2. The van der Waals surface area contributed by atoms with E-state index >= 15 is 0 Å². The molecule has 0 saturated carbocycles. The van der Waals surface area contributed by atoms with Gasteiger partial charge in [0.15, 0.2) is 0 Å². The molecule has 34 heavy (non-hydrogen) atoms. The van der Waals surface area contributed by atoms with E-state index in [1.54, 1.807) is 0 Å². The molecular weight excluding hydrogens is 444 g/mol. The predicted octanol–water partition coefficient (Wildman–Crippen LogP) is 6.24. The van der Waals surface area contributed by atoms with Crippen LogP contribution in [0.4, 0.5) is 5.69 Å². The number of amides is 2. The average molecular weight is 467 g/mol. The molecule has 1 aliphatic heterocycles. The second-order valence-electron chi connectivity index (χ2n) is 8.41. The fourth-order valence-electron chi connectivity index (χ4n) is 4.24. The van der Waals surface area contributed by atoms with Gasteiger partial charge in [-0.25, -0.2) is 0 Å². The molecule has 2 amide bonds. The summed E-state index contributed by atoms with van der Waals surface area (Å²) < 4.78 is 0. The average Bonchev–Trinajstić information content (AvgIpc) is 3.08. The molecule has 5 rings (SSSR count). The number of halogens is 1. The van der Waals surface area contributed by atoms with Crippen LogP contribution in [0.3, 0.4) is 0 Å². The highest BCUT2D eigenvalue weighted by molar-refractivity contribution is 6.36. The first-order valence-corrected chi connectivity index (χ1v) is 11.6. The largest absolute Gasteiger partial charge is 0.350 e. The number of fused-ring (bicyclic) bond motifs is 1. The van der Waals surface area contributed by atoms with Crippen LogP contribution in [-0.4, -0.2) is 23.3 Å². The third kappa shape index (κ3) is 4.20. The van der Waals surface area contributed by atoms with Gasteiger partial charge in [-0.2, -0.15) is 0 Å². The highest BCUT2D eigenvalue weighted by Crippen LogP contribution is 2.33. The lowest BCUT2D eigenvalue weighted by molar-refractivity contribution is -0.136. The van der Waals surface area contributed by atoms with Crippen LogP contribution in [0.2, 0.25) is 5.02 Å². The van der Waals surface area contributed by atoms with Crippen molar-refractivity contribution in [3.63, 3.8) is 0 Å². The Morgan fingerprint density at radius 3 is 2.26 bits per heavy atom. The smallest absolute Gasteiger partial charge is 0.278 e. The van der Waals surface area contributed by atoms with Crippen LogP contribution in [0.15, 0.2) is 96.7 Å². The maximum absolute atomic E-state index is 13.5. The monoisotopic (exact) mass is 466 g/mol. The van der Waals surface area contributed by atoms with Crippen molar-refractivity contribution in [1.29, 1.82) is 0 Å². The summed E-state index contributed by atoms with van der Waals surface area (Å²) in [5.74, 6) is -0.604. The molecule has 0 saturated heterocycles. The number of carbonyl (C=O) groups is 2. The topological polar surface area (TPSA) is 49.4 Å². The number of hydrogen-bond acceptors (Lipinski definition) is 3. The van der Waals surface area contributed by atoms with Gasteiger partial charge in [-0.3, -0.25) is 14.5 Å². The summed E-state index contributed by atoms with van der Waals surface area (Å²) in [5, 5.41) is 6.01. The molecule has 0 spiro atoms. The SMILES string of the molecule is Cc1ccc(C2=C(Nc3cccc4ccccc34)C(=O)N(CCc3ccc(Cl)cc3)C2=O)cc1. The van der Waals surface area contributed by atoms with Gasteiger partial charge in [0.1, 0.15) is 5.70 Å². The molecule has 1 N–H and O–H groups in total. The van der Waals surface area contributed by atoms with Crippen LogP contribution in [0.25, 0.3) is 16.3 Å². The highest BCUT2D eigenvalue weighted by Gasteiger charge is 2.39. The second-order valence-corrected chi connectivity index (χ2v) is 8.84. The lowest BCUT2D eigenvalue weighted by Gasteiger charge is -2.16. The minimum Gasteiger partial charge on any atom is -0.350 e. The number of carbonyl (C=O) groups excluding carboxylic acids is 2. The Morgan fingerprint density at radius 1 is 0.794 bits per heavy atom. The van der Waals surface area contributed by atoms with Crippen LogP contribution >= 0.6 is 11.6 Å². The molecule has 0 aliphatic carbocycles. The molecule has 168 valence electrons. The third-order valence-electron chi connectivity index (χ3n) is 6.09. The summed E-state index contributed by atoms with van der Waals surface area (Å²) in [6.07, 6.45) is 0.553. The molecule has 4 aromatic rings. The van der Waals surface area contributed by atoms with Gasteiger partial charge in [0.25, 0.3) is 11.8 Å². The molecule has 4 nitrogen and oxygen atoms in total. The van der Waals surface area contributed by atoms with Crippen LogP contribution in [-0.2, 0) is 16.0 Å². The van der Waals surface area contributed by atoms with Crippen molar-refractivity contribution in [2.24, 2.45) is 0 Å². The first kappa shape index (κ1) is 21.9. The van der Waals surface area contributed by atoms with Crippen LogP contribution in [0.5, 0.6) is 0 Å². The van der Waals surface area contributed by atoms with Crippen molar-refractivity contribution in [2.75, 3.05) is 11.9 Å². The van der Waals surface area contributed by atoms with E-state index in [1.165, 1.54) is 4.90 Å². The number of anilines is 1. The van der Waals surface area contributed by atoms with Crippen molar-refractivity contribution in [3.05, 3.63) is 118 Å². The molecule has 0 bridgehead atoms. The molecule has 0 unspecified atom stereocenters. The standard InChI is InChI=1S/C29H23ClN2O2/c1-19-9-13-22(14-10-19)26-27(31-25-8-4-6-21-5-2-3-7-24(21)25)29(34)32(28(26)33)18-17-20-11-15-23(30)16-12-20/h2-16,31H,17-18H2,1H3. The summed E-state index contributed by atoms with van der Waals surface area (Å²) in [6.45, 7) is 2.28. The summed E-state index contributed by atoms with van der Waals surface area (Å²) >= 11 is 5.99. The molecule has 0 radical (unpaired) electrons. The lowest BCUT2D eigenvalue weighted by atomic mass is 10.0. The van der Waals surface area contributed by atoms with E-state index in [-0.39, 0.29) is 18.4 Å². The Bertz CT molecular complexity index is 1420. The van der Waals surface area contributed by atoms with Gasteiger partial charge in [0.05, 0.1) is 5.57 Å². The summed E-state index contributed by atoms with van der Waals surface area (Å²) in [4.78, 5) is 28.4. The summed E-state index contributed by atoms with van der Waals surface area (Å²) in [6, 6.07) is 29.0. The Labute approximate surface area is 203 Å². The number of nitrogens with one attached hydrogen (secondary N) is 1. The Kier molecular flexibility index (Phi) is 5.91. The Morgan fingerprint density at radius 2 is 1.50 bits per heavy atom. The zero-order valence-electron chi connectivity index (χ0n) is 18.7. The van der Waals surface area contributed by atoms with Gasteiger partial charge >= 0.3 is 0 Å². The molecule has 1 heterocycles. The van der Waals surface area contributed by atoms with Crippen molar-refractivity contribution < 1.29 is 9.59 Å². The Hall–Kier alpha value is -3.89. The quantitative estimate of drug-likeness (QED) is 0.342. The summed E-state index contributed by atoms with van der Waals surface area (Å²) in [7, 11) is 0. The number of imide groups is 1. The fourth-order valence-corrected chi connectivity index (χ4v) is 4.37. The van der Waals surface area contributed by atoms with Crippen molar-refractivity contribution >= 4 is 45.4 Å². The van der Waals surface area contributed by atoms with E-state index in [0.29, 0.717) is 22.7 Å². The van der Waals surface area contributed by atoms with Crippen molar-refractivity contribution in [2.45, 2.75) is 13.3 Å².